The maximum Gasteiger partial charge on any atom is 0.193 e. The molecule has 1 aliphatic carbocycles. The number of rotatable bonds is 5. The molecule has 0 spiro atoms. The van der Waals surface area contributed by atoms with Crippen molar-refractivity contribution in [1.82, 2.24) is 0 Å². The molecule has 0 heterocycles. The molecule has 25 heavy (non-hydrogen) atoms. The van der Waals surface area contributed by atoms with E-state index in [0.717, 1.165) is 24.3 Å². The van der Waals surface area contributed by atoms with Crippen LogP contribution in [-0.4, -0.2) is 26.2 Å². The summed E-state index contributed by atoms with van der Waals surface area (Å²) in [5.41, 5.74) is 9.61. The monoisotopic (exact) mass is 339 g/mol. The molecule has 0 aliphatic heterocycles. The normalized spacial score (nSPS) is 19.9. The molecular formula is C20H25N3O2. The number of aryl methyl sites for hydroxylation is 1. The van der Waals surface area contributed by atoms with Gasteiger partial charge in [0, 0.05) is 6.07 Å². The van der Waals surface area contributed by atoms with Crippen LogP contribution in [0, 0.1) is 6.92 Å². The molecule has 132 valence electrons. The summed E-state index contributed by atoms with van der Waals surface area (Å²) in [6.45, 7) is 2.16. The maximum absolute atomic E-state index is 6.09. The number of anilines is 1. The fourth-order valence-corrected chi connectivity index (χ4v) is 3.27. The molecule has 0 aromatic heterocycles. The van der Waals surface area contributed by atoms with E-state index in [2.05, 4.69) is 41.5 Å². The summed E-state index contributed by atoms with van der Waals surface area (Å²) in [4.78, 5) is 4.60. The first-order valence-corrected chi connectivity index (χ1v) is 8.48. The molecule has 5 heteroatoms. The van der Waals surface area contributed by atoms with Crippen LogP contribution in [0.25, 0.3) is 0 Å². The van der Waals surface area contributed by atoms with E-state index in [1.165, 1.54) is 11.1 Å². The molecule has 0 radical (unpaired) electrons. The summed E-state index contributed by atoms with van der Waals surface area (Å²) < 4.78 is 10.6. The zero-order valence-corrected chi connectivity index (χ0v) is 15.0. The quantitative estimate of drug-likeness (QED) is 0.644. The maximum atomic E-state index is 6.09. The van der Waals surface area contributed by atoms with E-state index in [0.29, 0.717) is 17.6 Å². The second-order valence-corrected chi connectivity index (χ2v) is 6.38. The van der Waals surface area contributed by atoms with E-state index >= 15 is 0 Å². The molecule has 0 unspecified atom stereocenters. The Balaban J connectivity index is 1.63. The van der Waals surface area contributed by atoms with Gasteiger partial charge >= 0.3 is 0 Å². The van der Waals surface area contributed by atoms with Crippen LogP contribution in [0.3, 0.4) is 0 Å². The minimum atomic E-state index is 0.258. The highest BCUT2D eigenvalue weighted by Gasteiger charge is 2.31. The highest BCUT2D eigenvalue weighted by molar-refractivity contribution is 5.94. The topological polar surface area (TPSA) is 68.9 Å². The van der Waals surface area contributed by atoms with Crippen LogP contribution in [0.1, 0.15) is 29.9 Å². The average Bonchev–Trinajstić information content (AvgIpc) is 2.58. The number of ether oxygens (including phenoxy) is 2. The van der Waals surface area contributed by atoms with Crippen LogP contribution in [0.2, 0.25) is 0 Å². The number of nitrogens with one attached hydrogen (secondary N) is 1. The van der Waals surface area contributed by atoms with Crippen molar-refractivity contribution in [1.29, 1.82) is 0 Å². The summed E-state index contributed by atoms with van der Waals surface area (Å²) in [7, 11) is 3.25. The Hall–Kier alpha value is -2.69. The highest BCUT2D eigenvalue weighted by atomic mass is 16.5. The van der Waals surface area contributed by atoms with Crippen molar-refractivity contribution < 1.29 is 9.47 Å². The van der Waals surface area contributed by atoms with Gasteiger partial charge in [-0.1, -0.05) is 24.3 Å². The van der Waals surface area contributed by atoms with E-state index in [-0.39, 0.29) is 6.04 Å². The largest absolute Gasteiger partial charge is 0.497 e. The van der Waals surface area contributed by atoms with Gasteiger partial charge in [-0.15, -0.1) is 0 Å². The number of hydrogen-bond donors (Lipinski definition) is 2. The van der Waals surface area contributed by atoms with Crippen LogP contribution >= 0.6 is 0 Å². The Bertz CT molecular complexity index is 767. The molecule has 3 rings (SSSR count). The lowest BCUT2D eigenvalue weighted by Crippen LogP contribution is -2.31. The molecule has 1 saturated carbocycles. The second-order valence-electron chi connectivity index (χ2n) is 6.38. The first kappa shape index (κ1) is 17.1. The van der Waals surface area contributed by atoms with Crippen molar-refractivity contribution in [3.8, 4) is 11.5 Å². The van der Waals surface area contributed by atoms with Crippen LogP contribution in [0.15, 0.2) is 47.5 Å². The Morgan fingerprint density at radius 3 is 2.56 bits per heavy atom. The number of methoxy groups -OCH3 is 2. The molecule has 0 saturated heterocycles. The Kier molecular flexibility index (Phi) is 5.12. The molecule has 1 aliphatic rings. The van der Waals surface area contributed by atoms with Crippen molar-refractivity contribution in [2.75, 3.05) is 19.5 Å². The molecule has 2 aromatic carbocycles. The standard InChI is InChI=1S/C20H25N3O2/c1-13-6-4-5-7-17(13)14-10-15(11-14)22-20(21)23-18-12-16(24-2)8-9-19(18)25-3/h4-9,12,14-15H,10-11H2,1-3H3,(H3,21,22,23). The van der Waals surface area contributed by atoms with Crippen molar-refractivity contribution in [2.24, 2.45) is 10.7 Å². The SMILES string of the molecule is COc1ccc(OC)c(NC(N)=NC2CC(c3ccccc3C)C2)c1. The fourth-order valence-electron chi connectivity index (χ4n) is 3.27. The van der Waals surface area contributed by atoms with Gasteiger partial charge in [-0.25, -0.2) is 4.99 Å². The molecule has 5 nitrogen and oxygen atoms in total. The Morgan fingerprint density at radius 2 is 1.88 bits per heavy atom. The molecule has 0 bridgehead atoms. The number of benzene rings is 2. The Morgan fingerprint density at radius 1 is 1.12 bits per heavy atom. The number of guanidine groups is 1. The molecule has 3 N–H and O–H groups in total. The van der Waals surface area contributed by atoms with Gasteiger partial charge in [-0.3, -0.25) is 0 Å². The lowest BCUT2D eigenvalue weighted by atomic mass is 9.75. The molecule has 0 atom stereocenters. The number of hydrogen-bond acceptors (Lipinski definition) is 3. The van der Waals surface area contributed by atoms with Gasteiger partial charge < -0.3 is 20.5 Å². The van der Waals surface area contributed by atoms with Crippen LogP contribution in [0.5, 0.6) is 11.5 Å². The predicted molar refractivity (Wildman–Crippen MR) is 102 cm³/mol. The summed E-state index contributed by atoms with van der Waals surface area (Å²) in [6, 6.07) is 14.3. The van der Waals surface area contributed by atoms with Crippen molar-refractivity contribution in [2.45, 2.75) is 31.7 Å². The van der Waals surface area contributed by atoms with E-state index in [1.807, 2.05) is 18.2 Å². The fraction of sp³-hybridized carbons (Fsp3) is 0.350. The molecule has 1 fully saturated rings. The smallest absolute Gasteiger partial charge is 0.193 e. The summed E-state index contributed by atoms with van der Waals surface area (Å²) >= 11 is 0. The van der Waals surface area contributed by atoms with Crippen LogP contribution < -0.4 is 20.5 Å². The van der Waals surface area contributed by atoms with Crippen LogP contribution in [-0.2, 0) is 0 Å². The highest BCUT2D eigenvalue weighted by Crippen LogP contribution is 2.40. The van der Waals surface area contributed by atoms with Gasteiger partial charge in [-0.2, -0.15) is 0 Å². The molecule has 0 amide bonds. The minimum Gasteiger partial charge on any atom is -0.497 e. The minimum absolute atomic E-state index is 0.258. The van der Waals surface area contributed by atoms with Gasteiger partial charge in [0.2, 0.25) is 0 Å². The second kappa shape index (κ2) is 7.47. The van der Waals surface area contributed by atoms with Crippen LogP contribution in [0.4, 0.5) is 5.69 Å². The third-order valence-electron chi connectivity index (χ3n) is 4.73. The van der Waals surface area contributed by atoms with E-state index in [9.17, 15) is 0 Å². The van der Waals surface area contributed by atoms with E-state index in [1.54, 1.807) is 14.2 Å². The van der Waals surface area contributed by atoms with E-state index in [4.69, 9.17) is 15.2 Å². The van der Waals surface area contributed by atoms with Crippen molar-refractivity contribution in [3.05, 3.63) is 53.6 Å². The summed E-state index contributed by atoms with van der Waals surface area (Å²) in [6.07, 6.45) is 2.06. The van der Waals surface area contributed by atoms with Gasteiger partial charge in [0.25, 0.3) is 0 Å². The van der Waals surface area contributed by atoms with Crippen molar-refractivity contribution >= 4 is 11.6 Å². The summed E-state index contributed by atoms with van der Waals surface area (Å²) in [5.74, 6) is 2.42. The number of aliphatic imine (C=N–C) groups is 1. The average molecular weight is 339 g/mol. The first-order chi connectivity index (χ1) is 12.1. The van der Waals surface area contributed by atoms with Gasteiger partial charge in [0.1, 0.15) is 11.5 Å². The van der Waals surface area contributed by atoms with Gasteiger partial charge in [0.15, 0.2) is 5.96 Å². The summed E-state index contributed by atoms with van der Waals surface area (Å²) in [5, 5.41) is 3.12. The lowest BCUT2D eigenvalue weighted by Gasteiger charge is -2.34. The third-order valence-corrected chi connectivity index (χ3v) is 4.73. The number of nitrogens with zero attached hydrogens (tertiary/aromatic N) is 1. The van der Waals surface area contributed by atoms with Gasteiger partial charge in [0.05, 0.1) is 25.9 Å². The van der Waals surface area contributed by atoms with E-state index < -0.39 is 0 Å². The Labute approximate surface area is 148 Å². The third kappa shape index (κ3) is 3.87. The number of nitrogens with two attached hydrogens (primary N) is 1. The first-order valence-electron chi connectivity index (χ1n) is 8.48. The van der Waals surface area contributed by atoms with Gasteiger partial charge in [-0.05, 0) is 48.9 Å². The molecular weight excluding hydrogens is 314 g/mol. The zero-order chi connectivity index (χ0) is 17.8. The zero-order valence-electron chi connectivity index (χ0n) is 15.0. The van der Waals surface area contributed by atoms with Crippen molar-refractivity contribution in [3.63, 3.8) is 0 Å². The molecule has 2 aromatic rings. The lowest BCUT2D eigenvalue weighted by molar-refractivity contribution is 0.352. The predicted octanol–water partition coefficient (Wildman–Crippen LogP) is 3.69.